The Labute approximate surface area is 157 Å². The molecule has 1 aromatic carbocycles. The van der Waals surface area contributed by atoms with E-state index in [9.17, 15) is 0 Å². The minimum absolute atomic E-state index is 0.325. The summed E-state index contributed by atoms with van der Waals surface area (Å²) in [7, 11) is 1.74. The van der Waals surface area contributed by atoms with Crippen LogP contribution in [0.15, 0.2) is 42.6 Å². The Bertz CT molecular complexity index is 698. The molecule has 5 heteroatoms. The summed E-state index contributed by atoms with van der Waals surface area (Å²) in [4.78, 5) is 9.57. The van der Waals surface area contributed by atoms with E-state index in [1.165, 1.54) is 16.8 Å². The predicted molar refractivity (Wildman–Crippen MR) is 108 cm³/mol. The van der Waals surface area contributed by atoms with Crippen LogP contribution in [0.25, 0.3) is 0 Å². The highest BCUT2D eigenvalue weighted by atomic mass is 16.5. The average Bonchev–Trinajstić information content (AvgIpc) is 2.67. The molecule has 1 aliphatic heterocycles. The van der Waals surface area contributed by atoms with Crippen LogP contribution in [0.2, 0.25) is 0 Å². The van der Waals surface area contributed by atoms with Gasteiger partial charge in [0.05, 0.1) is 6.61 Å². The highest BCUT2D eigenvalue weighted by molar-refractivity contribution is 5.55. The van der Waals surface area contributed by atoms with E-state index < -0.39 is 0 Å². The van der Waals surface area contributed by atoms with Gasteiger partial charge in [0.15, 0.2) is 0 Å². The Morgan fingerprint density at radius 1 is 1.08 bits per heavy atom. The van der Waals surface area contributed by atoms with Gasteiger partial charge >= 0.3 is 0 Å². The number of ether oxygens (including phenoxy) is 1. The number of nitrogens with one attached hydrogen (secondary N) is 1. The van der Waals surface area contributed by atoms with Crippen LogP contribution >= 0.6 is 0 Å². The van der Waals surface area contributed by atoms with Crippen LogP contribution in [0, 0.1) is 6.92 Å². The first-order chi connectivity index (χ1) is 12.7. The Balaban J connectivity index is 1.63. The predicted octanol–water partition coefficient (Wildman–Crippen LogP) is 2.84. The van der Waals surface area contributed by atoms with Crippen LogP contribution in [-0.2, 0) is 11.3 Å². The number of benzene rings is 1. The van der Waals surface area contributed by atoms with E-state index in [4.69, 9.17) is 4.74 Å². The molecule has 1 aliphatic rings. The molecule has 2 heterocycles. The molecule has 5 nitrogen and oxygen atoms in total. The Morgan fingerprint density at radius 2 is 1.81 bits per heavy atom. The lowest BCUT2D eigenvalue weighted by Crippen LogP contribution is -2.47. The third kappa shape index (κ3) is 4.54. The van der Waals surface area contributed by atoms with Crippen molar-refractivity contribution in [2.45, 2.75) is 26.4 Å². The number of pyridine rings is 1. The topological polar surface area (TPSA) is 40.6 Å². The van der Waals surface area contributed by atoms with Gasteiger partial charge in [0.2, 0.25) is 0 Å². The van der Waals surface area contributed by atoms with Gasteiger partial charge in [-0.05, 0) is 31.5 Å². The number of aromatic nitrogens is 1. The van der Waals surface area contributed by atoms with Crippen LogP contribution in [0.5, 0.6) is 0 Å². The lowest BCUT2D eigenvalue weighted by Gasteiger charge is -2.38. The lowest BCUT2D eigenvalue weighted by atomic mass is 10.1. The Hall–Kier alpha value is -2.11. The lowest BCUT2D eigenvalue weighted by molar-refractivity contribution is 0.171. The molecule has 26 heavy (non-hydrogen) atoms. The first-order valence-corrected chi connectivity index (χ1v) is 9.40. The fraction of sp³-hybridized carbons (Fsp3) is 0.476. The Kier molecular flexibility index (Phi) is 6.47. The van der Waals surface area contributed by atoms with Gasteiger partial charge in [-0.2, -0.15) is 0 Å². The molecular formula is C21H30N4O. The fourth-order valence-corrected chi connectivity index (χ4v) is 3.52. The van der Waals surface area contributed by atoms with Gasteiger partial charge in [-0.3, -0.25) is 0 Å². The van der Waals surface area contributed by atoms with E-state index in [0.29, 0.717) is 12.6 Å². The second-order valence-electron chi connectivity index (χ2n) is 6.98. The molecule has 2 aromatic rings. The standard InChI is InChI=1S/C21H30N4O/c1-17-7-4-5-9-20(17)24-11-13-25(14-12-24)21-19(8-6-10-22-21)15-23-18(2)16-26-3/h4-10,18,23H,11-16H2,1-3H3. The number of para-hydroxylation sites is 1. The summed E-state index contributed by atoms with van der Waals surface area (Å²) in [5.41, 5.74) is 3.94. The highest BCUT2D eigenvalue weighted by Crippen LogP contribution is 2.24. The van der Waals surface area contributed by atoms with Crippen molar-refractivity contribution in [1.29, 1.82) is 0 Å². The van der Waals surface area contributed by atoms with Crippen molar-refractivity contribution in [1.82, 2.24) is 10.3 Å². The van der Waals surface area contributed by atoms with Crippen molar-refractivity contribution >= 4 is 11.5 Å². The fourth-order valence-electron chi connectivity index (χ4n) is 3.52. The number of piperazine rings is 1. The monoisotopic (exact) mass is 354 g/mol. The van der Waals surface area contributed by atoms with Gasteiger partial charge < -0.3 is 19.9 Å². The van der Waals surface area contributed by atoms with Gasteiger partial charge in [0.25, 0.3) is 0 Å². The van der Waals surface area contributed by atoms with Gasteiger partial charge in [0, 0.05) is 63.3 Å². The maximum Gasteiger partial charge on any atom is 0.133 e. The van der Waals surface area contributed by atoms with Crippen molar-refractivity contribution in [2.75, 3.05) is 49.7 Å². The summed E-state index contributed by atoms with van der Waals surface area (Å²) < 4.78 is 5.21. The van der Waals surface area contributed by atoms with E-state index in [-0.39, 0.29) is 0 Å². The molecule has 0 saturated carbocycles. The van der Waals surface area contributed by atoms with Crippen LogP contribution < -0.4 is 15.1 Å². The number of nitrogens with zero attached hydrogens (tertiary/aromatic N) is 3. The van der Waals surface area contributed by atoms with Crippen molar-refractivity contribution in [3.8, 4) is 0 Å². The number of methoxy groups -OCH3 is 1. The first-order valence-electron chi connectivity index (χ1n) is 9.40. The Morgan fingerprint density at radius 3 is 2.54 bits per heavy atom. The highest BCUT2D eigenvalue weighted by Gasteiger charge is 2.21. The molecule has 0 bridgehead atoms. The quantitative estimate of drug-likeness (QED) is 0.828. The molecule has 1 aromatic heterocycles. The SMILES string of the molecule is COCC(C)NCc1cccnc1N1CCN(c2ccccc2C)CC1. The molecule has 1 N–H and O–H groups in total. The number of hydrogen-bond donors (Lipinski definition) is 1. The third-order valence-electron chi connectivity index (χ3n) is 4.96. The molecule has 1 unspecified atom stereocenters. The van der Waals surface area contributed by atoms with Gasteiger partial charge in [-0.15, -0.1) is 0 Å². The summed E-state index contributed by atoms with van der Waals surface area (Å²) in [5, 5.41) is 3.52. The second-order valence-corrected chi connectivity index (χ2v) is 6.98. The molecule has 0 amide bonds. The van der Waals surface area contributed by atoms with Gasteiger partial charge in [-0.1, -0.05) is 24.3 Å². The second kappa shape index (κ2) is 9.01. The number of anilines is 2. The largest absolute Gasteiger partial charge is 0.383 e. The number of rotatable bonds is 7. The average molecular weight is 354 g/mol. The van der Waals surface area contributed by atoms with E-state index in [2.05, 4.69) is 64.3 Å². The van der Waals surface area contributed by atoms with Gasteiger partial charge in [0.1, 0.15) is 5.82 Å². The smallest absolute Gasteiger partial charge is 0.133 e. The maximum absolute atomic E-state index is 5.21. The molecule has 0 spiro atoms. The minimum Gasteiger partial charge on any atom is -0.383 e. The van der Waals surface area contributed by atoms with Crippen LogP contribution in [-0.4, -0.2) is 50.9 Å². The third-order valence-corrected chi connectivity index (χ3v) is 4.96. The van der Waals surface area contributed by atoms with Gasteiger partial charge in [-0.25, -0.2) is 4.98 Å². The molecule has 1 atom stereocenters. The van der Waals surface area contributed by atoms with E-state index in [1.54, 1.807) is 7.11 Å². The summed E-state index contributed by atoms with van der Waals surface area (Å²) in [6, 6.07) is 13.1. The normalized spacial score (nSPS) is 16.0. The van der Waals surface area contributed by atoms with E-state index in [0.717, 1.165) is 38.5 Å². The van der Waals surface area contributed by atoms with Crippen LogP contribution in [0.3, 0.4) is 0 Å². The van der Waals surface area contributed by atoms with E-state index in [1.807, 2.05) is 12.3 Å². The zero-order valence-electron chi connectivity index (χ0n) is 16.1. The van der Waals surface area contributed by atoms with Crippen LogP contribution in [0.4, 0.5) is 11.5 Å². The number of aryl methyl sites for hydroxylation is 1. The molecule has 1 fully saturated rings. The summed E-state index contributed by atoms with van der Waals surface area (Å²) in [6.45, 7) is 9.88. The molecule has 140 valence electrons. The maximum atomic E-state index is 5.21. The zero-order chi connectivity index (χ0) is 18.4. The summed E-state index contributed by atoms with van der Waals surface area (Å²) >= 11 is 0. The zero-order valence-corrected chi connectivity index (χ0v) is 16.1. The van der Waals surface area contributed by atoms with Crippen LogP contribution in [0.1, 0.15) is 18.1 Å². The molecule has 1 saturated heterocycles. The van der Waals surface area contributed by atoms with Crippen molar-refractivity contribution in [3.05, 3.63) is 53.7 Å². The number of hydrogen-bond acceptors (Lipinski definition) is 5. The van der Waals surface area contributed by atoms with Crippen molar-refractivity contribution < 1.29 is 4.74 Å². The minimum atomic E-state index is 0.325. The first kappa shape index (κ1) is 18.7. The molecular weight excluding hydrogens is 324 g/mol. The van der Waals surface area contributed by atoms with E-state index >= 15 is 0 Å². The molecule has 3 rings (SSSR count). The molecule has 0 aliphatic carbocycles. The van der Waals surface area contributed by atoms with Crippen molar-refractivity contribution in [2.24, 2.45) is 0 Å². The van der Waals surface area contributed by atoms with Crippen molar-refractivity contribution in [3.63, 3.8) is 0 Å². The summed E-state index contributed by atoms with van der Waals surface area (Å²) in [5.74, 6) is 1.11. The summed E-state index contributed by atoms with van der Waals surface area (Å²) in [6.07, 6.45) is 1.89. The molecule has 0 radical (unpaired) electrons.